The summed E-state index contributed by atoms with van der Waals surface area (Å²) in [5, 5.41) is 17.3. The van der Waals surface area contributed by atoms with Crippen LogP contribution >= 0.6 is 11.3 Å². The summed E-state index contributed by atoms with van der Waals surface area (Å²) in [7, 11) is 1.60. The highest BCUT2D eigenvalue weighted by molar-refractivity contribution is 7.13. The maximum atomic E-state index is 11.2. The van der Waals surface area contributed by atoms with E-state index in [1.807, 2.05) is 31.2 Å². The maximum absolute atomic E-state index is 11.2. The van der Waals surface area contributed by atoms with E-state index in [0.717, 1.165) is 16.3 Å². The van der Waals surface area contributed by atoms with E-state index in [1.165, 1.54) is 16.0 Å². The highest BCUT2D eigenvalue weighted by Gasteiger charge is 2.18. The second kappa shape index (κ2) is 5.41. The minimum atomic E-state index is 0.257. The molecular formula is C13H11N5O2S. The summed E-state index contributed by atoms with van der Waals surface area (Å²) >= 11 is 1.38. The van der Waals surface area contributed by atoms with E-state index < -0.39 is 0 Å². The predicted molar refractivity (Wildman–Crippen MR) is 76.9 cm³/mol. The molecule has 0 saturated carbocycles. The topological polar surface area (TPSA) is 82.8 Å². The Morgan fingerprint density at radius 3 is 2.52 bits per heavy atom. The Morgan fingerprint density at radius 2 is 1.95 bits per heavy atom. The smallest absolute Gasteiger partial charge is 0.234 e. The Labute approximate surface area is 124 Å². The van der Waals surface area contributed by atoms with Crippen LogP contribution in [-0.2, 0) is 0 Å². The molecule has 0 aliphatic rings. The van der Waals surface area contributed by atoms with E-state index in [-0.39, 0.29) is 5.69 Å². The zero-order valence-electron chi connectivity index (χ0n) is 11.3. The summed E-state index contributed by atoms with van der Waals surface area (Å²) < 4.78 is 6.66. The van der Waals surface area contributed by atoms with Gasteiger partial charge >= 0.3 is 0 Å². The summed E-state index contributed by atoms with van der Waals surface area (Å²) in [6.45, 7) is 1.85. The number of hydrogen-bond donors (Lipinski definition) is 0. The van der Waals surface area contributed by atoms with Gasteiger partial charge in [-0.25, -0.2) is 0 Å². The molecule has 7 nitrogen and oxygen atoms in total. The van der Waals surface area contributed by atoms with Crippen molar-refractivity contribution in [1.82, 2.24) is 25.2 Å². The van der Waals surface area contributed by atoms with Crippen molar-refractivity contribution >= 4 is 17.6 Å². The molecule has 106 valence electrons. The van der Waals surface area contributed by atoms with Gasteiger partial charge in [-0.05, 0) is 31.2 Å². The van der Waals surface area contributed by atoms with Gasteiger partial charge in [0.05, 0.1) is 7.11 Å². The minimum Gasteiger partial charge on any atom is -0.497 e. The van der Waals surface area contributed by atoms with Crippen molar-refractivity contribution in [2.24, 2.45) is 0 Å². The number of aromatic nitrogens is 5. The molecule has 0 atom stereocenters. The molecule has 0 spiro atoms. The molecule has 0 unspecified atom stereocenters. The van der Waals surface area contributed by atoms with Crippen LogP contribution in [0.3, 0.4) is 0 Å². The van der Waals surface area contributed by atoms with Gasteiger partial charge in [0.1, 0.15) is 16.5 Å². The first-order valence-electron chi connectivity index (χ1n) is 6.08. The van der Waals surface area contributed by atoms with E-state index in [0.29, 0.717) is 17.1 Å². The summed E-state index contributed by atoms with van der Waals surface area (Å²) in [6.07, 6.45) is 0.678. The highest BCUT2D eigenvalue weighted by Crippen LogP contribution is 2.27. The zero-order chi connectivity index (χ0) is 14.8. The molecule has 0 amide bonds. The van der Waals surface area contributed by atoms with E-state index in [4.69, 9.17) is 4.74 Å². The molecule has 8 heteroatoms. The second-order valence-corrected chi connectivity index (χ2v) is 5.35. The molecular weight excluding hydrogens is 290 g/mol. The Kier molecular flexibility index (Phi) is 3.44. The molecule has 0 bridgehead atoms. The van der Waals surface area contributed by atoms with Crippen molar-refractivity contribution < 1.29 is 9.53 Å². The van der Waals surface area contributed by atoms with Crippen LogP contribution in [0.2, 0.25) is 0 Å². The number of carbonyl (C=O) groups is 1. The average molecular weight is 301 g/mol. The summed E-state index contributed by atoms with van der Waals surface area (Å²) in [6, 6.07) is 7.31. The minimum absolute atomic E-state index is 0.257. The van der Waals surface area contributed by atoms with Gasteiger partial charge in [-0.15, -0.1) is 15.3 Å². The van der Waals surface area contributed by atoms with Crippen molar-refractivity contribution in [3.05, 3.63) is 35.0 Å². The molecule has 2 heterocycles. The van der Waals surface area contributed by atoms with Gasteiger partial charge in [0.15, 0.2) is 12.0 Å². The van der Waals surface area contributed by atoms with E-state index in [9.17, 15) is 4.79 Å². The number of nitrogens with zero attached hydrogens (tertiary/aromatic N) is 5. The summed E-state index contributed by atoms with van der Waals surface area (Å²) in [4.78, 5) is 11.2. The molecule has 0 saturated heterocycles. The largest absolute Gasteiger partial charge is 0.497 e. The van der Waals surface area contributed by atoms with Gasteiger partial charge in [-0.2, -0.15) is 4.68 Å². The molecule has 2 aromatic heterocycles. The van der Waals surface area contributed by atoms with Gasteiger partial charge in [0, 0.05) is 5.56 Å². The van der Waals surface area contributed by atoms with Crippen molar-refractivity contribution in [2.45, 2.75) is 6.92 Å². The SMILES string of the molecule is COc1ccc(-c2c(C=O)nnn2-c2nnc(C)s2)cc1. The highest BCUT2D eigenvalue weighted by atomic mass is 32.1. The van der Waals surface area contributed by atoms with Crippen LogP contribution in [0.25, 0.3) is 16.4 Å². The third-order valence-corrected chi connectivity index (χ3v) is 3.68. The van der Waals surface area contributed by atoms with E-state index >= 15 is 0 Å². The van der Waals surface area contributed by atoms with Crippen molar-refractivity contribution in [2.75, 3.05) is 7.11 Å². The Hall–Kier alpha value is -2.61. The van der Waals surface area contributed by atoms with Gasteiger partial charge in [-0.3, -0.25) is 4.79 Å². The van der Waals surface area contributed by atoms with Crippen LogP contribution < -0.4 is 4.74 Å². The van der Waals surface area contributed by atoms with Gasteiger partial charge in [-0.1, -0.05) is 16.6 Å². The Morgan fingerprint density at radius 1 is 1.19 bits per heavy atom. The second-order valence-electron chi connectivity index (χ2n) is 4.19. The monoisotopic (exact) mass is 301 g/mol. The molecule has 3 aromatic rings. The fourth-order valence-electron chi connectivity index (χ4n) is 1.90. The summed E-state index contributed by atoms with van der Waals surface area (Å²) in [5.74, 6) is 0.734. The lowest BCUT2D eigenvalue weighted by atomic mass is 10.1. The normalized spacial score (nSPS) is 10.6. The van der Waals surface area contributed by atoms with E-state index in [2.05, 4.69) is 20.5 Å². The summed E-state index contributed by atoms with van der Waals surface area (Å²) in [5.41, 5.74) is 1.65. The lowest BCUT2D eigenvalue weighted by Crippen LogP contribution is -1.99. The fourth-order valence-corrected chi connectivity index (χ4v) is 2.54. The molecule has 0 aliphatic heterocycles. The first kappa shape index (κ1) is 13.4. The number of aldehydes is 1. The third-order valence-electron chi connectivity index (χ3n) is 2.87. The van der Waals surface area contributed by atoms with Crippen molar-refractivity contribution in [3.63, 3.8) is 0 Å². The number of aryl methyl sites for hydroxylation is 1. The molecule has 21 heavy (non-hydrogen) atoms. The first-order chi connectivity index (χ1) is 10.2. The maximum Gasteiger partial charge on any atom is 0.234 e. The van der Waals surface area contributed by atoms with Crippen LogP contribution in [0.15, 0.2) is 24.3 Å². The van der Waals surface area contributed by atoms with Crippen molar-refractivity contribution in [3.8, 4) is 22.1 Å². The average Bonchev–Trinajstić information content (AvgIpc) is 3.13. The van der Waals surface area contributed by atoms with E-state index in [1.54, 1.807) is 7.11 Å². The fraction of sp³-hybridized carbons (Fsp3) is 0.154. The number of ether oxygens (including phenoxy) is 1. The number of benzene rings is 1. The van der Waals surface area contributed by atoms with Crippen LogP contribution in [-0.4, -0.2) is 38.6 Å². The quantitative estimate of drug-likeness (QED) is 0.685. The van der Waals surface area contributed by atoms with Crippen LogP contribution in [0.4, 0.5) is 0 Å². The Bertz CT molecular complexity index is 778. The first-order valence-corrected chi connectivity index (χ1v) is 6.90. The zero-order valence-corrected chi connectivity index (χ0v) is 12.2. The standard InChI is InChI=1S/C13H11N5O2S/c1-8-14-16-13(21-8)18-12(11(7-19)15-17-18)9-3-5-10(20-2)6-4-9/h3-7H,1-2H3. The Balaban J connectivity index is 2.15. The molecule has 0 N–H and O–H groups in total. The third kappa shape index (κ3) is 2.40. The number of hydrogen-bond acceptors (Lipinski definition) is 7. The van der Waals surface area contributed by atoms with Gasteiger partial charge in [0.2, 0.25) is 5.13 Å². The molecule has 3 rings (SSSR count). The molecule has 0 radical (unpaired) electrons. The lowest BCUT2D eigenvalue weighted by Gasteiger charge is -2.05. The molecule has 1 aromatic carbocycles. The van der Waals surface area contributed by atoms with Gasteiger partial charge in [0.25, 0.3) is 0 Å². The number of rotatable bonds is 4. The number of methoxy groups -OCH3 is 1. The number of carbonyl (C=O) groups excluding carboxylic acids is 1. The molecule has 0 aliphatic carbocycles. The van der Waals surface area contributed by atoms with Crippen LogP contribution in [0.1, 0.15) is 15.5 Å². The predicted octanol–water partition coefficient (Wildman–Crippen LogP) is 1.92. The lowest BCUT2D eigenvalue weighted by molar-refractivity contribution is 0.111. The van der Waals surface area contributed by atoms with Crippen LogP contribution in [0.5, 0.6) is 5.75 Å². The molecule has 0 fully saturated rings. The van der Waals surface area contributed by atoms with Crippen LogP contribution in [0, 0.1) is 6.92 Å². The van der Waals surface area contributed by atoms with Gasteiger partial charge < -0.3 is 4.74 Å². The van der Waals surface area contributed by atoms with Crippen molar-refractivity contribution in [1.29, 1.82) is 0 Å².